The summed E-state index contributed by atoms with van der Waals surface area (Å²) in [4.78, 5) is 47.9. The van der Waals surface area contributed by atoms with Gasteiger partial charge < -0.3 is 23.7 Å². The topological polar surface area (TPSA) is 114 Å². The van der Waals surface area contributed by atoms with Crippen molar-refractivity contribution < 1.29 is 42.9 Å². The molecule has 0 saturated carbocycles. The Labute approximate surface area is 250 Å². The van der Waals surface area contributed by atoms with Crippen LogP contribution in [-0.4, -0.2) is 43.7 Å². The lowest BCUT2D eigenvalue weighted by molar-refractivity contribution is -0.142. The van der Waals surface area contributed by atoms with Crippen LogP contribution in [0.5, 0.6) is 17.2 Å². The standard InChI is InChI=1S/C34H34O9/c1-6-39-17-15-31(35)41-28-11-7-24(8-12-28)26-19-27(21-30(20-26)43-34(38)23(4)5)25-9-13-29(14-10-25)42-32(36)16-18-40-33(37)22(2)3/h7-14,19-21H,2,4,6,15-18H2,1,3,5H3. The first-order chi connectivity index (χ1) is 20.5. The molecule has 0 unspecified atom stereocenters. The van der Waals surface area contributed by atoms with Crippen LogP contribution in [-0.2, 0) is 28.7 Å². The van der Waals surface area contributed by atoms with E-state index in [4.69, 9.17) is 23.7 Å². The van der Waals surface area contributed by atoms with Crippen molar-refractivity contribution in [3.05, 3.63) is 91.0 Å². The first kappa shape index (κ1) is 32.5. The van der Waals surface area contributed by atoms with Gasteiger partial charge in [0, 0.05) is 17.8 Å². The fourth-order valence-electron chi connectivity index (χ4n) is 3.63. The lowest BCUT2D eigenvalue weighted by atomic mass is 9.98. The van der Waals surface area contributed by atoms with Crippen molar-refractivity contribution >= 4 is 23.9 Å². The Kier molecular flexibility index (Phi) is 12.0. The number of carbonyl (C=O) groups excluding carboxylic acids is 4. The second-order valence-corrected chi connectivity index (χ2v) is 9.53. The van der Waals surface area contributed by atoms with Gasteiger partial charge in [-0.15, -0.1) is 0 Å². The van der Waals surface area contributed by atoms with Crippen LogP contribution >= 0.6 is 0 Å². The van der Waals surface area contributed by atoms with E-state index in [-0.39, 0.29) is 30.6 Å². The van der Waals surface area contributed by atoms with E-state index in [9.17, 15) is 19.2 Å². The summed E-state index contributed by atoms with van der Waals surface area (Å²) >= 11 is 0. The fraction of sp³-hybridized carbons (Fsp3) is 0.235. The van der Waals surface area contributed by atoms with E-state index in [1.54, 1.807) is 67.6 Å². The Morgan fingerprint density at radius 1 is 0.581 bits per heavy atom. The number of hydrogen-bond acceptors (Lipinski definition) is 9. The molecule has 3 aromatic carbocycles. The number of esters is 4. The summed E-state index contributed by atoms with van der Waals surface area (Å²) in [6, 6.07) is 19.1. The molecule has 0 spiro atoms. The molecule has 0 aliphatic rings. The molecule has 0 heterocycles. The number of ether oxygens (including phenoxy) is 5. The van der Waals surface area contributed by atoms with Gasteiger partial charge in [0.1, 0.15) is 23.9 Å². The van der Waals surface area contributed by atoms with Crippen molar-refractivity contribution in [2.45, 2.75) is 33.6 Å². The van der Waals surface area contributed by atoms with Gasteiger partial charge in [-0.1, -0.05) is 37.4 Å². The quantitative estimate of drug-likeness (QED) is 0.0936. The van der Waals surface area contributed by atoms with Crippen LogP contribution in [0.2, 0.25) is 0 Å². The number of rotatable bonds is 14. The van der Waals surface area contributed by atoms with Crippen molar-refractivity contribution in [2.75, 3.05) is 19.8 Å². The molecular formula is C34H34O9. The normalized spacial score (nSPS) is 10.4. The molecule has 9 heteroatoms. The molecule has 9 nitrogen and oxygen atoms in total. The molecule has 0 bridgehead atoms. The Bertz CT molecular complexity index is 1490. The average Bonchev–Trinajstić information content (AvgIpc) is 2.97. The molecule has 3 rings (SSSR count). The zero-order valence-electron chi connectivity index (χ0n) is 24.5. The summed E-state index contributed by atoms with van der Waals surface area (Å²) in [5, 5.41) is 0. The molecule has 0 fully saturated rings. The second kappa shape index (κ2) is 15.8. The number of hydrogen-bond donors (Lipinski definition) is 0. The maximum Gasteiger partial charge on any atom is 0.338 e. The summed E-state index contributed by atoms with van der Waals surface area (Å²) in [7, 11) is 0. The Balaban J connectivity index is 1.78. The Morgan fingerprint density at radius 3 is 1.49 bits per heavy atom. The first-order valence-corrected chi connectivity index (χ1v) is 13.6. The summed E-state index contributed by atoms with van der Waals surface area (Å²) in [5.41, 5.74) is 3.54. The monoisotopic (exact) mass is 586 g/mol. The molecule has 0 saturated heterocycles. The van der Waals surface area contributed by atoms with E-state index >= 15 is 0 Å². The predicted molar refractivity (Wildman–Crippen MR) is 161 cm³/mol. The molecule has 0 aliphatic heterocycles. The van der Waals surface area contributed by atoms with Crippen LogP contribution in [0.4, 0.5) is 0 Å². The van der Waals surface area contributed by atoms with Gasteiger partial charge in [0.2, 0.25) is 0 Å². The average molecular weight is 587 g/mol. The molecule has 224 valence electrons. The molecule has 43 heavy (non-hydrogen) atoms. The third-order valence-electron chi connectivity index (χ3n) is 5.85. The minimum atomic E-state index is -0.569. The van der Waals surface area contributed by atoms with E-state index in [0.29, 0.717) is 30.5 Å². The maximum absolute atomic E-state index is 12.3. The van der Waals surface area contributed by atoms with E-state index in [2.05, 4.69) is 13.2 Å². The first-order valence-electron chi connectivity index (χ1n) is 13.6. The SMILES string of the molecule is C=C(C)C(=O)OCCC(=O)Oc1ccc(-c2cc(OC(=O)C(=C)C)cc(-c3ccc(OC(=O)CCOCC)cc3)c2)cc1. The molecule has 0 aromatic heterocycles. The number of carbonyl (C=O) groups is 4. The van der Waals surface area contributed by atoms with Gasteiger partial charge >= 0.3 is 23.9 Å². The highest BCUT2D eigenvalue weighted by Gasteiger charge is 2.13. The minimum Gasteiger partial charge on any atom is -0.462 e. The zero-order valence-corrected chi connectivity index (χ0v) is 24.5. The Morgan fingerprint density at radius 2 is 1.05 bits per heavy atom. The molecule has 0 radical (unpaired) electrons. The van der Waals surface area contributed by atoms with Crippen molar-refractivity contribution in [2.24, 2.45) is 0 Å². The van der Waals surface area contributed by atoms with Crippen LogP contribution in [0.25, 0.3) is 22.3 Å². The minimum absolute atomic E-state index is 0.106. The molecule has 0 aliphatic carbocycles. The molecule has 0 amide bonds. The highest BCUT2D eigenvalue weighted by molar-refractivity contribution is 5.89. The summed E-state index contributed by atoms with van der Waals surface area (Å²) in [5.74, 6) is -1.05. The molecular weight excluding hydrogens is 552 g/mol. The van der Waals surface area contributed by atoms with Gasteiger partial charge in [-0.2, -0.15) is 0 Å². The van der Waals surface area contributed by atoms with Gasteiger partial charge in [-0.25, -0.2) is 9.59 Å². The van der Waals surface area contributed by atoms with Crippen LogP contribution in [0.15, 0.2) is 91.0 Å². The van der Waals surface area contributed by atoms with Gasteiger partial charge in [0.05, 0.1) is 19.4 Å². The van der Waals surface area contributed by atoms with E-state index < -0.39 is 23.9 Å². The van der Waals surface area contributed by atoms with Gasteiger partial charge in [0.25, 0.3) is 0 Å². The molecule has 0 atom stereocenters. The summed E-state index contributed by atoms with van der Waals surface area (Å²) in [6.45, 7) is 12.8. The second-order valence-electron chi connectivity index (χ2n) is 9.53. The van der Waals surface area contributed by atoms with Crippen molar-refractivity contribution in [1.29, 1.82) is 0 Å². The van der Waals surface area contributed by atoms with E-state index in [0.717, 1.165) is 22.3 Å². The summed E-state index contributed by atoms with van der Waals surface area (Å²) in [6.07, 6.45) is 0.0451. The van der Waals surface area contributed by atoms with Gasteiger partial charge in [0.15, 0.2) is 0 Å². The fourth-order valence-corrected chi connectivity index (χ4v) is 3.63. The van der Waals surface area contributed by atoms with E-state index in [1.165, 1.54) is 6.92 Å². The third kappa shape index (κ3) is 10.4. The highest BCUT2D eigenvalue weighted by atomic mass is 16.6. The highest BCUT2D eigenvalue weighted by Crippen LogP contribution is 2.33. The van der Waals surface area contributed by atoms with Crippen LogP contribution in [0.1, 0.15) is 33.6 Å². The van der Waals surface area contributed by atoms with Crippen molar-refractivity contribution in [3.8, 4) is 39.5 Å². The summed E-state index contributed by atoms with van der Waals surface area (Å²) < 4.78 is 26.4. The third-order valence-corrected chi connectivity index (χ3v) is 5.85. The van der Waals surface area contributed by atoms with E-state index in [1.807, 2.05) is 13.0 Å². The van der Waals surface area contributed by atoms with Crippen LogP contribution in [0.3, 0.4) is 0 Å². The molecule has 3 aromatic rings. The van der Waals surface area contributed by atoms with Crippen LogP contribution < -0.4 is 14.2 Å². The lowest BCUT2D eigenvalue weighted by Crippen LogP contribution is -2.14. The maximum atomic E-state index is 12.3. The van der Waals surface area contributed by atoms with Gasteiger partial charge in [-0.05, 0) is 85.5 Å². The predicted octanol–water partition coefficient (Wildman–Crippen LogP) is 6.25. The molecule has 0 N–H and O–H groups in total. The zero-order chi connectivity index (χ0) is 31.4. The lowest BCUT2D eigenvalue weighted by Gasteiger charge is -2.12. The smallest absolute Gasteiger partial charge is 0.338 e. The Hall–Kier alpha value is -5.02. The largest absolute Gasteiger partial charge is 0.462 e. The van der Waals surface area contributed by atoms with Crippen molar-refractivity contribution in [3.63, 3.8) is 0 Å². The van der Waals surface area contributed by atoms with Gasteiger partial charge in [-0.3, -0.25) is 9.59 Å². The van der Waals surface area contributed by atoms with Crippen LogP contribution in [0, 0.1) is 0 Å². The van der Waals surface area contributed by atoms with Crippen molar-refractivity contribution in [1.82, 2.24) is 0 Å². The number of benzene rings is 3.